The van der Waals surface area contributed by atoms with E-state index >= 15 is 0 Å². The SMILES string of the molecule is OC(CC1CCOCC1)c1ccc(Br)cc1Cl. The maximum Gasteiger partial charge on any atom is 0.0807 e. The van der Waals surface area contributed by atoms with E-state index in [-0.39, 0.29) is 0 Å². The van der Waals surface area contributed by atoms with Crippen molar-refractivity contribution in [3.05, 3.63) is 33.3 Å². The molecule has 1 heterocycles. The van der Waals surface area contributed by atoms with Crippen LogP contribution in [-0.2, 0) is 4.74 Å². The van der Waals surface area contributed by atoms with Gasteiger partial charge in [-0.1, -0.05) is 33.6 Å². The Labute approximate surface area is 115 Å². The maximum absolute atomic E-state index is 10.2. The first-order valence-electron chi connectivity index (χ1n) is 5.87. The van der Waals surface area contributed by atoms with Gasteiger partial charge in [-0.3, -0.25) is 0 Å². The van der Waals surface area contributed by atoms with Crippen molar-refractivity contribution >= 4 is 27.5 Å². The highest BCUT2D eigenvalue weighted by Gasteiger charge is 2.20. The minimum absolute atomic E-state index is 0.473. The van der Waals surface area contributed by atoms with Gasteiger partial charge in [0.25, 0.3) is 0 Å². The van der Waals surface area contributed by atoms with E-state index in [1.807, 2.05) is 18.2 Å². The molecule has 17 heavy (non-hydrogen) atoms. The molecule has 1 aromatic rings. The zero-order valence-corrected chi connectivity index (χ0v) is 11.9. The fourth-order valence-electron chi connectivity index (χ4n) is 2.20. The molecular weight excluding hydrogens is 303 g/mol. The Morgan fingerprint density at radius 1 is 1.41 bits per heavy atom. The first-order chi connectivity index (χ1) is 8.16. The van der Waals surface area contributed by atoms with E-state index in [4.69, 9.17) is 16.3 Å². The summed E-state index contributed by atoms with van der Waals surface area (Å²) in [6.45, 7) is 1.62. The lowest BCUT2D eigenvalue weighted by Gasteiger charge is -2.24. The summed E-state index contributed by atoms with van der Waals surface area (Å²) >= 11 is 9.49. The molecule has 1 aliphatic heterocycles. The van der Waals surface area contributed by atoms with Gasteiger partial charge in [-0.2, -0.15) is 0 Å². The summed E-state index contributed by atoms with van der Waals surface area (Å²) in [6.07, 6.45) is 2.36. The van der Waals surface area contributed by atoms with Crippen molar-refractivity contribution in [2.45, 2.75) is 25.4 Å². The smallest absolute Gasteiger partial charge is 0.0807 e. The molecule has 4 heteroatoms. The molecular formula is C13H16BrClO2. The van der Waals surface area contributed by atoms with Gasteiger partial charge in [0, 0.05) is 22.7 Å². The van der Waals surface area contributed by atoms with Crippen LogP contribution >= 0.6 is 27.5 Å². The summed E-state index contributed by atoms with van der Waals surface area (Å²) in [5.74, 6) is 0.540. The molecule has 0 aliphatic carbocycles. The lowest BCUT2D eigenvalue weighted by molar-refractivity contribution is 0.0435. The van der Waals surface area contributed by atoms with Crippen LogP contribution in [0.3, 0.4) is 0 Å². The Morgan fingerprint density at radius 2 is 2.12 bits per heavy atom. The number of aliphatic hydroxyl groups excluding tert-OH is 1. The Hall–Kier alpha value is -0.0900. The van der Waals surface area contributed by atoms with Crippen LogP contribution in [0.2, 0.25) is 5.02 Å². The zero-order chi connectivity index (χ0) is 12.3. The molecule has 0 spiro atoms. The number of benzene rings is 1. The van der Waals surface area contributed by atoms with E-state index in [2.05, 4.69) is 15.9 Å². The molecule has 0 aromatic heterocycles. The van der Waals surface area contributed by atoms with Crippen LogP contribution in [-0.4, -0.2) is 18.3 Å². The molecule has 1 saturated heterocycles. The molecule has 1 atom stereocenters. The van der Waals surface area contributed by atoms with Gasteiger partial charge >= 0.3 is 0 Å². The number of rotatable bonds is 3. The lowest BCUT2D eigenvalue weighted by Crippen LogP contribution is -2.18. The van der Waals surface area contributed by atoms with Gasteiger partial charge in [-0.25, -0.2) is 0 Å². The Balaban J connectivity index is 2.00. The van der Waals surface area contributed by atoms with Crippen LogP contribution in [0.15, 0.2) is 22.7 Å². The fraction of sp³-hybridized carbons (Fsp3) is 0.538. The molecule has 1 N–H and O–H groups in total. The Kier molecular flexibility index (Phi) is 4.86. The first kappa shape index (κ1) is 13.3. The van der Waals surface area contributed by atoms with Crippen LogP contribution in [0.5, 0.6) is 0 Å². The van der Waals surface area contributed by atoms with Crippen LogP contribution in [0, 0.1) is 5.92 Å². The molecule has 94 valence electrons. The molecule has 1 unspecified atom stereocenters. The van der Waals surface area contributed by atoms with Gasteiger partial charge in [0.1, 0.15) is 0 Å². The molecule has 0 bridgehead atoms. The molecule has 1 aromatic carbocycles. The Bertz CT molecular complexity index is 378. The topological polar surface area (TPSA) is 29.5 Å². The predicted octanol–water partition coefficient (Wildman–Crippen LogP) is 3.95. The molecule has 1 aliphatic rings. The van der Waals surface area contributed by atoms with Gasteiger partial charge in [0.15, 0.2) is 0 Å². The highest BCUT2D eigenvalue weighted by atomic mass is 79.9. The van der Waals surface area contributed by atoms with Crippen molar-refractivity contribution in [3.8, 4) is 0 Å². The molecule has 2 nitrogen and oxygen atoms in total. The average Bonchev–Trinajstić information content (AvgIpc) is 2.30. The normalized spacial score (nSPS) is 19.2. The van der Waals surface area contributed by atoms with E-state index in [1.165, 1.54) is 0 Å². The largest absolute Gasteiger partial charge is 0.388 e. The summed E-state index contributed by atoms with van der Waals surface area (Å²) in [5.41, 5.74) is 0.821. The molecule has 2 rings (SSSR count). The Morgan fingerprint density at radius 3 is 2.76 bits per heavy atom. The summed E-state index contributed by atoms with van der Waals surface area (Å²) in [5, 5.41) is 10.8. The maximum atomic E-state index is 10.2. The molecule has 0 radical (unpaired) electrons. The third-order valence-electron chi connectivity index (χ3n) is 3.22. The van der Waals surface area contributed by atoms with E-state index < -0.39 is 6.10 Å². The van der Waals surface area contributed by atoms with E-state index in [1.54, 1.807) is 0 Å². The number of ether oxygens (including phenoxy) is 1. The lowest BCUT2D eigenvalue weighted by atomic mass is 9.91. The quantitative estimate of drug-likeness (QED) is 0.914. The van der Waals surface area contributed by atoms with Gasteiger partial charge in [0.2, 0.25) is 0 Å². The average molecular weight is 320 g/mol. The highest BCUT2D eigenvalue weighted by molar-refractivity contribution is 9.10. The second kappa shape index (κ2) is 6.19. The second-order valence-electron chi connectivity index (χ2n) is 4.47. The predicted molar refractivity (Wildman–Crippen MR) is 72.3 cm³/mol. The van der Waals surface area contributed by atoms with Crippen LogP contribution in [0.1, 0.15) is 30.9 Å². The summed E-state index contributed by atoms with van der Waals surface area (Å²) in [7, 11) is 0. The van der Waals surface area contributed by atoms with Crippen molar-refractivity contribution in [2.24, 2.45) is 5.92 Å². The van der Waals surface area contributed by atoms with E-state index in [9.17, 15) is 5.11 Å². The number of halogens is 2. The number of hydrogen-bond acceptors (Lipinski definition) is 2. The van der Waals surface area contributed by atoms with Crippen molar-refractivity contribution in [2.75, 3.05) is 13.2 Å². The molecule has 0 amide bonds. The molecule has 0 saturated carbocycles. The minimum Gasteiger partial charge on any atom is -0.388 e. The monoisotopic (exact) mass is 318 g/mol. The highest BCUT2D eigenvalue weighted by Crippen LogP contribution is 2.32. The van der Waals surface area contributed by atoms with Crippen LogP contribution in [0.4, 0.5) is 0 Å². The van der Waals surface area contributed by atoms with Crippen molar-refractivity contribution < 1.29 is 9.84 Å². The van der Waals surface area contributed by atoms with E-state index in [0.29, 0.717) is 10.9 Å². The number of aliphatic hydroxyl groups is 1. The fourth-order valence-corrected chi connectivity index (χ4v) is 3.00. The summed E-state index contributed by atoms with van der Waals surface area (Å²) in [4.78, 5) is 0. The third-order valence-corrected chi connectivity index (χ3v) is 4.04. The summed E-state index contributed by atoms with van der Waals surface area (Å²) in [6, 6.07) is 5.62. The summed E-state index contributed by atoms with van der Waals surface area (Å²) < 4.78 is 6.25. The first-order valence-corrected chi connectivity index (χ1v) is 7.04. The van der Waals surface area contributed by atoms with Crippen molar-refractivity contribution in [1.82, 2.24) is 0 Å². The van der Waals surface area contributed by atoms with Gasteiger partial charge in [0.05, 0.1) is 6.10 Å². The van der Waals surface area contributed by atoms with Gasteiger partial charge < -0.3 is 9.84 Å². The number of hydrogen-bond donors (Lipinski definition) is 1. The van der Waals surface area contributed by atoms with E-state index in [0.717, 1.165) is 42.5 Å². The zero-order valence-electron chi connectivity index (χ0n) is 9.53. The third kappa shape index (κ3) is 3.68. The standard InChI is InChI=1S/C13H16BrClO2/c14-10-1-2-11(12(15)8-10)13(16)7-9-3-5-17-6-4-9/h1-2,8-9,13,16H,3-7H2. The minimum atomic E-state index is -0.473. The van der Waals surface area contributed by atoms with Gasteiger partial charge in [-0.15, -0.1) is 0 Å². The van der Waals surface area contributed by atoms with Crippen molar-refractivity contribution in [1.29, 1.82) is 0 Å². The van der Waals surface area contributed by atoms with Gasteiger partial charge in [-0.05, 0) is 42.9 Å². The van der Waals surface area contributed by atoms with Crippen LogP contribution < -0.4 is 0 Å². The second-order valence-corrected chi connectivity index (χ2v) is 5.80. The van der Waals surface area contributed by atoms with Crippen LogP contribution in [0.25, 0.3) is 0 Å². The molecule has 1 fully saturated rings. The van der Waals surface area contributed by atoms with Crippen molar-refractivity contribution in [3.63, 3.8) is 0 Å².